The quantitative estimate of drug-likeness (QED) is 0.413. The van der Waals surface area contributed by atoms with Crippen molar-refractivity contribution in [1.29, 1.82) is 0 Å². The minimum Gasteiger partial charge on any atom is -0.335 e. The fraction of sp³-hybridized carbons (Fsp3) is 0.300. The molecule has 0 aliphatic carbocycles. The summed E-state index contributed by atoms with van der Waals surface area (Å²) in [5.74, 6) is -0.311. The van der Waals surface area contributed by atoms with E-state index < -0.39 is 14.9 Å². The largest absolute Gasteiger partial charge is 0.335 e. The second-order valence-electron chi connectivity index (χ2n) is 7.40. The van der Waals surface area contributed by atoms with Gasteiger partial charge in [0.15, 0.2) is 5.69 Å². The van der Waals surface area contributed by atoms with E-state index in [1.54, 1.807) is 42.3 Å². The first kappa shape index (κ1) is 22.1. The molecular weight excluding hydrogens is 454 g/mol. The van der Waals surface area contributed by atoms with E-state index in [9.17, 15) is 23.3 Å². The van der Waals surface area contributed by atoms with Crippen molar-refractivity contribution in [3.63, 3.8) is 0 Å². The Bertz CT molecular complexity index is 1290. The predicted octanol–water partition coefficient (Wildman–Crippen LogP) is 2.61. The number of amides is 1. The van der Waals surface area contributed by atoms with Crippen LogP contribution in [0.1, 0.15) is 20.2 Å². The Labute approximate surface area is 188 Å². The number of benzene rings is 1. The highest BCUT2D eigenvalue weighted by Crippen LogP contribution is 2.28. The van der Waals surface area contributed by atoms with Gasteiger partial charge in [-0.3, -0.25) is 14.9 Å². The Morgan fingerprint density at radius 1 is 1.12 bits per heavy atom. The Morgan fingerprint density at radius 2 is 1.84 bits per heavy atom. The maximum Gasteiger partial charge on any atom is 0.274 e. The standard InChI is InChI=1S/C20H21N5O5S2/c1-14-12-19(15(2)31-14)32(29,30)23-10-8-22(9-11-23)20(26)18-6-7-24(21-18)16-4-3-5-17(13-16)25(27)28/h3-7,12-13H,8-11H2,1-2H3. The molecule has 3 aromatic rings. The molecule has 1 saturated heterocycles. The lowest BCUT2D eigenvalue weighted by atomic mass is 10.3. The molecule has 1 aliphatic heterocycles. The molecule has 1 aliphatic rings. The van der Waals surface area contributed by atoms with E-state index in [1.807, 2.05) is 6.92 Å². The van der Waals surface area contributed by atoms with Gasteiger partial charge in [-0.2, -0.15) is 9.40 Å². The van der Waals surface area contributed by atoms with E-state index in [0.717, 1.165) is 9.75 Å². The zero-order valence-electron chi connectivity index (χ0n) is 17.5. The molecule has 32 heavy (non-hydrogen) atoms. The smallest absolute Gasteiger partial charge is 0.274 e. The summed E-state index contributed by atoms with van der Waals surface area (Å²) in [6.45, 7) is 4.58. The minimum atomic E-state index is -3.60. The van der Waals surface area contributed by atoms with Gasteiger partial charge in [0.1, 0.15) is 0 Å². The van der Waals surface area contributed by atoms with Crippen molar-refractivity contribution in [1.82, 2.24) is 19.0 Å². The van der Waals surface area contributed by atoms with Gasteiger partial charge in [-0.05, 0) is 32.0 Å². The number of aryl methyl sites for hydroxylation is 2. The van der Waals surface area contributed by atoms with Gasteiger partial charge in [-0.1, -0.05) is 6.07 Å². The molecule has 0 bridgehead atoms. The zero-order valence-corrected chi connectivity index (χ0v) is 19.1. The van der Waals surface area contributed by atoms with Crippen LogP contribution in [0.2, 0.25) is 0 Å². The van der Waals surface area contributed by atoms with Gasteiger partial charge in [-0.25, -0.2) is 13.1 Å². The average Bonchev–Trinajstić information content (AvgIpc) is 3.40. The van der Waals surface area contributed by atoms with Gasteiger partial charge in [0.05, 0.1) is 15.5 Å². The van der Waals surface area contributed by atoms with Crippen molar-refractivity contribution in [3.8, 4) is 5.69 Å². The third-order valence-electron chi connectivity index (χ3n) is 5.25. The minimum absolute atomic E-state index is 0.0701. The molecule has 1 aromatic carbocycles. The molecule has 0 N–H and O–H groups in total. The van der Waals surface area contributed by atoms with Crippen LogP contribution in [0, 0.1) is 24.0 Å². The summed E-state index contributed by atoms with van der Waals surface area (Å²) in [6.07, 6.45) is 1.56. The van der Waals surface area contributed by atoms with Gasteiger partial charge in [-0.15, -0.1) is 11.3 Å². The van der Waals surface area contributed by atoms with Crippen molar-refractivity contribution >= 4 is 33.0 Å². The monoisotopic (exact) mass is 475 g/mol. The maximum atomic E-state index is 13.0. The topological polar surface area (TPSA) is 119 Å². The molecule has 4 rings (SSSR count). The van der Waals surface area contributed by atoms with Crippen molar-refractivity contribution in [2.75, 3.05) is 26.2 Å². The number of carbonyl (C=O) groups is 1. The number of hydrogen-bond acceptors (Lipinski definition) is 7. The van der Waals surface area contributed by atoms with Crippen molar-refractivity contribution in [3.05, 3.63) is 68.2 Å². The third kappa shape index (κ3) is 4.16. The zero-order chi connectivity index (χ0) is 23.0. The summed E-state index contributed by atoms with van der Waals surface area (Å²) in [4.78, 5) is 27.0. The van der Waals surface area contributed by atoms with Crippen molar-refractivity contribution in [2.45, 2.75) is 18.7 Å². The van der Waals surface area contributed by atoms with Gasteiger partial charge >= 0.3 is 0 Å². The highest BCUT2D eigenvalue weighted by atomic mass is 32.2. The lowest BCUT2D eigenvalue weighted by Gasteiger charge is -2.33. The van der Waals surface area contributed by atoms with Crippen LogP contribution in [0.5, 0.6) is 0 Å². The lowest BCUT2D eigenvalue weighted by molar-refractivity contribution is -0.384. The molecule has 0 saturated carbocycles. The molecule has 0 radical (unpaired) electrons. The molecule has 3 heterocycles. The summed E-state index contributed by atoms with van der Waals surface area (Å²) >= 11 is 1.45. The molecule has 0 spiro atoms. The number of nitro benzene ring substituents is 1. The highest BCUT2D eigenvalue weighted by Gasteiger charge is 2.32. The third-order valence-corrected chi connectivity index (χ3v) is 8.37. The molecule has 0 atom stereocenters. The van der Waals surface area contributed by atoms with E-state index in [0.29, 0.717) is 10.6 Å². The van der Waals surface area contributed by atoms with E-state index >= 15 is 0 Å². The van der Waals surface area contributed by atoms with Gasteiger partial charge < -0.3 is 4.90 Å². The maximum absolute atomic E-state index is 13.0. The van der Waals surface area contributed by atoms with Crippen LogP contribution in [0.4, 0.5) is 5.69 Å². The number of nitrogens with zero attached hydrogens (tertiary/aromatic N) is 5. The van der Waals surface area contributed by atoms with Gasteiger partial charge in [0, 0.05) is 54.3 Å². The molecule has 168 valence electrons. The van der Waals surface area contributed by atoms with Gasteiger partial charge in [0.2, 0.25) is 10.0 Å². The Morgan fingerprint density at radius 3 is 2.47 bits per heavy atom. The second-order valence-corrected chi connectivity index (χ2v) is 10.8. The van der Waals surface area contributed by atoms with Crippen LogP contribution in [-0.2, 0) is 10.0 Å². The number of carbonyl (C=O) groups excluding carboxylic acids is 1. The Hall–Kier alpha value is -3.09. The van der Waals surface area contributed by atoms with Crippen LogP contribution >= 0.6 is 11.3 Å². The normalized spacial score (nSPS) is 15.1. The Balaban J connectivity index is 1.45. The van der Waals surface area contributed by atoms with E-state index in [4.69, 9.17) is 0 Å². The number of aromatic nitrogens is 2. The summed E-state index contributed by atoms with van der Waals surface area (Å²) in [5.41, 5.74) is 0.590. The van der Waals surface area contributed by atoms with Crippen LogP contribution in [0.25, 0.3) is 5.69 Å². The highest BCUT2D eigenvalue weighted by molar-refractivity contribution is 7.89. The van der Waals surface area contributed by atoms with Crippen LogP contribution in [0.15, 0.2) is 47.5 Å². The fourth-order valence-corrected chi connectivity index (χ4v) is 6.57. The molecule has 12 heteroatoms. The Kier molecular flexibility index (Phi) is 5.84. The van der Waals surface area contributed by atoms with E-state index in [-0.39, 0.29) is 43.5 Å². The van der Waals surface area contributed by atoms with Crippen molar-refractivity contribution in [2.24, 2.45) is 0 Å². The molecule has 10 nitrogen and oxygen atoms in total. The molecule has 0 unspecified atom stereocenters. The molecule has 1 fully saturated rings. The van der Waals surface area contributed by atoms with E-state index in [2.05, 4.69) is 5.10 Å². The first-order valence-electron chi connectivity index (χ1n) is 9.84. The van der Waals surface area contributed by atoms with Gasteiger partial charge in [0.25, 0.3) is 11.6 Å². The van der Waals surface area contributed by atoms with Crippen LogP contribution in [0.3, 0.4) is 0 Å². The van der Waals surface area contributed by atoms with E-state index in [1.165, 1.54) is 32.5 Å². The lowest BCUT2D eigenvalue weighted by Crippen LogP contribution is -2.50. The summed E-state index contributed by atoms with van der Waals surface area (Å²) < 4.78 is 28.8. The number of nitro groups is 1. The number of sulfonamides is 1. The predicted molar refractivity (Wildman–Crippen MR) is 119 cm³/mol. The fourth-order valence-electron chi connectivity index (χ4n) is 3.63. The number of non-ortho nitro benzene ring substituents is 1. The van der Waals surface area contributed by atoms with Crippen LogP contribution < -0.4 is 0 Å². The number of thiophene rings is 1. The summed E-state index contributed by atoms with van der Waals surface area (Å²) in [5, 5.41) is 15.2. The SMILES string of the molecule is Cc1cc(S(=O)(=O)N2CCN(C(=O)c3ccn(-c4cccc([N+](=O)[O-])c4)n3)CC2)c(C)s1. The molecule has 1 amide bonds. The number of rotatable bonds is 5. The molecule has 2 aromatic heterocycles. The first-order chi connectivity index (χ1) is 15.2. The first-order valence-corrected chi connectivity index (χ1v) is 12.1. The number of hydrogen-bond donors (Lipinski definition) is 0. The summed E-state index contributed by atoms with van der Waals surface area (Å²) in [6, 6.07) is 9.19. The van der Waals surface area contributed by atoms with Crippen molar-refractivity contribution < 1.29 is 18.1 Å². The summed E-state index contributed by atoms with van der Waals surface area (Å²) in [7, 11) is -3.60. The number of piperazine rings is 1. The average molecular weight is 476 g/mol. The second kappa shape index (κ2) is 8.45. The van der Waals surface area contributed by atoms with Crippen LogP contribution in [-0.4, -0.2) is 64.4 Å². The molecular formula is C20H21N5O5S2.